The molecule has 0 aliphatic heterocycles. The number of hydrogen-bond donors (Lipinski definition) is 3. The van der Waals surface area contributed by atoms with Crippen LogP contribution in [0.15, 0.2) is 36.4 Å². The monoisotopic (exact) mass is 408 g/mol. The number of hydrogen-bond acceptors (Lipinski definition) is 6. The van der Waals surface area contributed by atoms with Gasteiger partial charge in [0.15, 0.2) is 5.13 Å². The van der Waals surface area contributed by atoms with Crippen molar-refractivity contribution in [3.63, 3.8) is 0 Å². The van der Waals surface area contributed by atoms with Crippen LogP contribution in [-0.4, -0.2) is 34.9 Å². The maximum Gasteiger partial charge on any atom is 0.329 e. The third-order valence-electron chi connectivity index (χ3n) is 3.71. The number of methoxy groups -OCH3 is 2. The van der Waals surface area contributed by atoms with E-state index in [0.717, 1.165) is 4.70 Å². The molecule has 1 amide bonds. The van der Waals surface area contributed by atoms with Gasteiger partial charge in [-0.25, -0.2) is 4.98 Å². The summed E-state index contributed by atoms with van der Waals surface area (Å²) in [6.07, 6.45) is -0.367. The molecule has 10 heteroatoms. The molecule has 0 aliphatic carbocycles. The number of carbonyl (C=O) groups is 1. The molecule has 0 aliphatic rings. The first kappa shape index (κ1) is 19.3. The standard InChI is InChI=1S/C17H17N2O6PS/c1-24-12-7-13(25-2)15-14(8-12)27-17(18-15)19-16(20)11-5-3-10(4-6-11)9-26(21,22)23/h3-8H,9H2,1-2H3,(H,18,19,20)(H2,21,22,23). The summed E-state index contributed by atoms with van der Waals surface area (Å²) in [7, 11) is -1.06. The minimum atomic E-state index is -4.14. The van der Waals surface area contributed by atoms with Gasteiger partial charge in [0, 0.05) is 11.6 Å². The molecule has 1 aromatic heterocycles. The van der Waals surface area contributed by atoms with Gasteiger partial charge in [0.25, 0.3) is 5.91 Å². The molecule has 27 heavy (non-hydrogen) atoms. The summed E-state index contributed by atoms with van der Waals surface area (Å²) in [4.78, 5) is 34.8. The van der Waals surface area contributed by atoms with Gasteiger partial charge >= 0.3 is 7.60 Å². The molecule has 3 rings (SSSR count). The third-order valence-corrected chi connectivity index (χ3v) is 5.41. The lowest BCUT2D eigenvalue weighted by Crippen LogP contribution is -2.11. The third kappa shape index (κ3) is 4.64. The Labute approximate surface area is 158 Å². The van der Waals surface area contributed by atoms with Crippen LogP contribution in [0.2, 0.25) is 0 Å². The molecule has 1 heterocycles. The lowest BCUT2D eigenvalue weighted by molar-refractivity contribution is 0.102. The second-order valence-corrected chi connectivity index (χ2v) is 8.35. The van der Waals surface area contributed by atoms with Crippen LogP contribution < -0.4 is 14.8 Å². The Morgan fingerprint density at radius 1 is 1.19 bits per heavy atom. The number of carbonyl (C=O) groups excluding carboxylic acids is 1. The molecule has 142 valence electrons. The van der Waals surface area contributed by atoms with Gasteiger partial charge in [-0.2, -0.15) is 0 Å². The molecule has 0 unspecified atom stereocenters. The van der Waals surface area contributed by atoms with E-state index >= 15 is 0 Å². The van der Waals surface area contributed by atoms with Crippen molar-refractivity contribution < 1.29 is 28.6 Å². The number of aromatic nitrogens is 1. The maximum atomic E-state index is 12.4. The van der Waals surface area contributed by atoms with Gasteiger partial charge in [0.1, 0.15) is 17.0 Å². The number of fused-ring (bicyclic) bond motifs is 1. The summed E-state index contributed by atoms with van der Waals surface area (Å²) in [6, 6.07) is 9.57. The highest BCUT2D eigenvalue weighted by atomic mass is 32.1. The number of nitrogens with one attached hydrogen (secondary N) is 1. The van der Waals surface area contributed by atoms with E-state index in [0.29, 0.717) is 33.3 Å². The summed E-state index contributed by atoms with van der Waals surface area (Å²) < 4.78 is 22.4. The Morgan fingerprint density at radius 3 is 2.48 bits per heavy atom. The number of ether oxygens (including phenoxy) is 2. The highest BCUT2D eigenvalue weighted by Crippen LogP contribution is 2.39. The van der Waals surface area contributed by atoms with Crippen molar-refractivity contribution in [3.05, 3.63) is 47.5 Å². The van der Waals surface area contributed by atoms with Crippen LogP contribution >= 0.6 is 18.9 Å². The van der Waals surface area contributed by atoms with Crippen LogP contribution in [0.1, 0.15) is 15.9 Å². The van der Waals surface area contributed by atoms with E-state index < -0.39 is 7.60 Å². The lowest BCUT2D eigenvalue weighted by Gasteiger charge is -2.05. The summed E-state index contributed by atoms with van der Waals surface area (Å²) in [5.41, 5.74) is 1.43. The first-order valence-electron chi connectivity index (χ1n) is 7.76. The van der Waals surface area contributed by atoms with Crippen molar-refractivity contribution in [2.24, 2.45) is 0 Å². The van der Waals surface area contributed by atoms with E-state index in [2.05, 4.69) is 10.3 Å². The minimum absolute atomic E-state index is 0.355. The van der Waals surface area contributed by atoms with E-state index in [-0.39, 0.29) is 12.1 Å². The van der Waals surface area contributed by atoms with E-state index in [9.17, 15) is 9.36 Å². The van der Waals surface area contributed by atoms with Crippen LogP contribution in [0.5, 0.6) is 11.5 Å². The van der Waals surface area contributed by atoms with Crippen molar-refractivity contribution in [1.29, 1.82) is 0 Å². The van der Waals surface area contributed by atoms with E-state index in [1.54, 1.807) is 13.2 Å². The van der Waals surface area contributed by atoms with Gasteiger partial charge in [-0.05, 0) is 23.8 Å². The molecule has 0 radical (unpaired) electrons. The predicted molar refractivity (Wildman–Crippen MR) is 103 cm³/mol. The van der Waals surface area contributed by atoms with Crippen LogP contribution in [-0.2, 0) is 10.7 Å². The fourth-order valence-corrected chi connectivity index (χ4v) is 4.06. The zero-order chi connectivity index (χ0) is 19.6. The zero-order valence-corrected chi connectivity index (χ0v) is 16.2. The number of anilines is 1. The summed E-state index contributed by atoms with van der Waals surface area (Å²) in [6.45, 7) is 0. The van der Waals surface area contributed by atoms with Gasteiger partial charge in [-0.3, -0.25) is 14.7 Å². The molecular formula is C17H17N2O6PS. The smallest absolute Gasteiger partial charge is 0.329 e. The predicted octanol–water partition coefficient (Wildman–Crippen LogP) is 3.24. The van der Waals surface area contributed by atoms with Crippen molar-refractivity contribution >= 4 is 40.2 Å². The number of thiazole rings is 1. The number of amides is 1. The van der Waals surface area contributed by atoms with Crippen LogP contribution in [0.25, 0.3) is 10.2 Å². The number of rotatable bonds is 6. The maximum absolute atomic E-state index is 12.4. The second-order valence-electron chi connectivity index (χ2n) is 5.67. The van der Waals surface area contributed by atoms with Crippen molar-refractivity contribution in [2.75, 3.05) is 19.5 Å². The van der Waals surface area contributed by atoms with Gasteiger partial charge in [-0.1, -0.05) is 23.5 Å². The Bertz CT molecular complexity index is 1030. The minimum Gasteiger partial charge on any atom is -0.497 e. The average molecular weight is 408 g/mol. The SMILES string of the molecule is COc1cc(OC)c2nc(NC(=O)c3ccc(CP(=O)(O)O)cc3)sc2c1. The van der Waals surface area contributed by atoms with E-state index in [1.165, 1.54) is 42.7 Å². The summed E-state index contributed by atoms with van der Waals surface area (Å²) in [5.74, 6) is 0.798. The lowest BCUT2D eigenvalue weighted by atomic mass is 10.1. The van der Waals surface area contributed by atoms with Gasteiger partial charge in [0.05, 0.1) is 25.1 Å². The van der Waals surface area contributed by atoms with Crippen LogP contribution in [0, 0.1) is 0 Å². The normalized spacial score (nSPS) is 11.4. The molecule has 2 aromatic carbocycles. The highest BCUT2D eigenvalue weighted by Gasteiger charge is 2.16. The second kappa shape index (κ2) is 7.66. The Kier molecular flexibility index (Phi) is 5.48. The molecule has 0 saturated carbocycles. The first-order chi connectivity index (χ1) is 12.8. The quantitative estimate of drug-likeness (QED) is 0.536. The van der Waals surface area contributed by atoms with Crippen LogP contribution in [0.3, 0.4) is 0 Å². The summed E-state index contributed by atoms with van der Waals surface area (Å²) in [5, 5.41) is 3.13. The number of benzene rings is 2. The highest BCUT2D eigenvalue weighted by molar-refractivity contribution is 7.50. The Balaban J connectivity index is 1.80. The molecule has 3 aromatic rings. The van der Waals surface area contributed by atoms with Crippen molar-refractivity contribution in [3.8, 4) is 11.5 Å². The van der Waals surface area contributed by atoms with Crippen LogP contribution in [0.4, 0.5) is 5.13 Å². The molecule has 0 spiro atoms. The number of nitrogens with zero attached hydrogens (tertiary/aromatic N) is 1. The van der Waals surface area contributed by atoms with E-state index in [1.807, 2.05) is 6.07 Å². The zero-order valence-electron chi connectivity index (χ0n) is 14.5. The molecule has 0 fully saturated rings. The fourth-order valence-electron chi connectivity index (χ4n) is 2.47. The Hall–Kier alpha value is -2.45. The van der Waals surface area contributed by atoms with E-state index in [4.69, 9.17) is 19.3 Å². The van der Waals surface area contributed by atoms with Gasteiger partial charge in [0.2, 0.25) is 0 Å². The summed E-state index contributed by atoms with van der Waals surface area (Å²) >= 11 is 1.28. The molecule has 3 N–H and O–H groups in total. The fraction of sp³-hybridized carbons (Fsp3) is 0.176. The topological polar surface area (TPSA) is 118 Å². The average Bonchev–Trinajstić information content (AvgIpc) is 3.02. The molecule has 8 nitrogen and oxygen atoms in total. The molecule has 0 atom stereocenters. The molecular weight excluding hydrogens is 391 g/mol. The van der Waals surface area contributed by atoms with Crippen molar-refractivity contribution in [2.45, 2.75) is 6.16 Å². The van der Waals surface area contributed by atoms with Crippen molar-refractivity contribution in [1.82, 2.24) is 4.98 Å². The first-order valence-corrected chi connectivity index (χ1v) is 10.4. The Morgan fingerprint density at radius 2 is 1.89 bits per heavy atom. The van der Waals surface area contributed by atoms with Gasteiger partial charge < -0.3 is 19.3 Å². The van der Waals surface area contributed by atoms with Gasteiger partial charge in [-0.15, -0.1) is 0 Å². The molecule has 0 bridgehead atoms. The largest absolute Gasteiger partial charge is 0.497 e. The molecule has 0 saturated heterocycles.